The predicted octanol–water partition coefficient (Wildman–Crippen LogP) is 0.138. The topological polar surface area (TPSA) is 23.5 Å². The number of nitrogens with zero attached hydrogens (tertiary/aromatic N) is 1. The third-order valence-electron chi connectivity index (χ3n) is 3.36. The molecule has 0 amide bonds. The molecule has 1 rings (SSSR count). The lowest BCUT2D eigenvalue weighted by molar-refractivity contribution is -0.0354. The zero-order chi connectivity index (χ0) is 9.35. The minimum atomic E-state index is -0.488. The van der Waals surface area contributed by atoms with Crippen molar-refractivity contribution in [1.82, 2.24) is 4.57 Å². The van der Waals surface area contributed by atoms with E-state index in [0.717, 1.165) is 10.4 Å². The summed E-state index contributed by atoms with van der Waals surface area (Å²) < 4.78 is 2.42. The van der Waals surface area contributed by atoms with E-state index in [0.29, 0.717) is 12.0 Å². The van der Waals surface area contributed by atoms with Crippen molar-refractivity contribution < 1.29 is 5.11 Å². The lowest BCUT2D eigenvalue weighted by atomic mass is 9.84. The minimum absolute atomic E-state index is 0.358. The molecule has 0 radical (unpaired) electrons. The van der Waals surface area contributed by atoms with Crippen LogP contribution in [0.4, 0.5) is 0 Å². The van der Waals surface area contributed by atoms with Gasteiger partial charge in [0.1, 0.15) is 0 Å². The third-order valence-corrected chi connectivity index (χ3v) is 4.43. The Morgan fingerprint density at radius 1 is 1.58 bits per heavy atom. The van der Waals surface area contributed by atoms with Crippen molar-refractivity contribution in [1.29, 1.82) is 0 Å². The molecule has 1 fully saturated rings. The van der Waals surface area contributed by atoms with E-state index in [-0.39, 0.29) is 0 Å². The van der Waals surface area contributed by atoms with E-state index >= 15 is 0 Å². The second-order valence-electron chi connectivity index (χ2n) is 4.52. The molecule has 3 heteroatoms. The quantitative estimate of drug-likeness (QED) is 0.622. The Hall–Kier alpha value is 0.137. The summed E-state index contributed by atoms with van der Waals surface area (Å²) in [6.07, 6.45) is 2.44. The summed E-state index contributed by atoms with van der Waals surface area (Å²) in [6.45, 7) is 7.39. The molecule has 0 aliphatic carbocycles. The molecule has 72 valence electrons. The second kappa shape index (κ2) is 3.48. The largest absolute Gasteiger partial charge is 0.388 e. The fraction of sp³-hybridized carbons (Fsp3) is 1.00. The van der Waals surface area contributed by atoms with Crippen LogP contribution in [-0.2, 0) is 0 Å². The zero-order valence-corrected chi connectivity index (χ0v) is 10.7. The van der Waals surface area contributed by atoms with Gasteiger partial charge < -0.3 is 9.67 Å². The Labute approximate surface area is 78.5 Å². The van der Waals surface area contributed by atoms with E-state index in [1.165, 1.54) is 19.4 Å². The molecule has 1 saturated heterocycles. The predicted molar refractivity (Wildman–Crippen MR) is 55.1 cm³/mol. The van der Waals surface area contributed by atoms with Crippen molar-refractivity contribution in [3.8, 4) is 0 Å². The molecule has 1 heterocycles. The molecule has 12 heavy (non-hydrogen) atoms. The van der Waals surface area contributed by atoms with E-state index in [2.05, 4.69) is 18.4 Å². The Morgan fingerprint density at radius 3 is 2.50 bits per heavy atom. The van der Waals surface area contributed by atoms with Gasteiger partial charge in [-0.25, -0.2) is 0 Å². The van der Waals surface area contributed by atoms with Crippen LogP contribution < -0.4 is 0 Å². The van der Waals surface area contributed by atoms with E-state index in [1.807, 2.05) is 6.92 Å². The van der Waals surface area contributed by atoms with E-state index in [4.69, 9.17) is 0 Å². The molecule has 1 aliphatic heterocycles. The van der Waals surface area contributed by atoms with E-state index in [1.54, 1.807) is 0 Å². The molecule has 2 atom stereocenters. The van der Waals surface area contributed by atoms with Gasteiger partial charge in [0.2, 0.25) is 0 Å². The highest BCUT2D eigenvalue weighted by Crippen LogP contribution is 2.30. The van der Waals surface area contributed by atoms with Crippen LogP contribution in [0.3, 0.4) is 0 Å². The summed E-state index contributed by atoms with van der Waals surface area (Å²) >= 11 is 0. The standard InChI is InChI=1S/C9H21NOSi/c1-7(2)9(3,11)8-5-4-6-10(8)12/h7-8,11H,4-6H2,1-3,12H3. The summed E-state index contributed by atoms with van der Waals surface area (Å²) in [5, 5.41) is 10.2. The average Bonchev–Trinajstić information content (AvgIpc) is 2.35. The van der Waals surface area contributed by atoms with Gasteiger partial charge in [0, 0.05) is 6.04 Å². The molecular weight excluding hydrogens is 166 g/mol. The molecule has 2 nitrogen and oxygen atoms in total. The van der Waals surface area contributed by atoms with Crippen molar-refractivity contribution in [3.63, 3.8) is 0 Å². The number of rotatable bonds is 2. The highest BCUT2D eigenvalue weighted by atomic mass is 28.2. The molecule has 1 aliphatic rings. The molecule has 2 unspecified atom stereocenters. The number of hydrogen-bond acceptors (Lipinski definition) is 2. The first-order valence-corrected chi connectivity index (χ1v) is 5.78. The SMILES string of the molecule is CC(C)C(C)(O)C1CCCN1[SiH3]. The minimum Gasteiger partial charge on any atom is -0.388 e. The van der Waals surface area contributed by atoms with Crippen LogP contribution in [0, 0.1) is 5.92 Å². The van der Waals surface area contributed by atoms with E-state index < -0.39 is 5.60 Å². The fourth-order valence-electron chi connectivity index (χ4n) is 2.03. The number of aliphatic hydroxyl groups is 1. The van der Waals surface area contributed by atoms with Gasteiger partial charge in [0.15, 0.2) is 0 Å². The molecule has 0 bridgehead atoms. The molecule has 0 aromatic rings. The Kier molecular flexibility index (Phi) is 2.96. The van der Waals surface area contributed by atoms with Gasteiger partial charge in [-0.3, -0.25) is 0 Å². The summed E-state index contributed by atoms with van der Waals surface area (Å²) in [7, 11) is 1.09. The van der Waals surface area contributed by atoms with Gasteiger partial charge >= 0.3 is 0 Å². The van der Waals surface area contributed by atoms with Gasteiger partial charge in [-0.15, -0.1) is 0 Å². The van der Waals surface area contributed by atoms with Crippen molar-refractivity contribution in [2.24, 2.45) is 5.92 Å². The molecular formula is C9H21NOSi. The maximum Gasteiger partial charge on any atom is 0.0790 e. The maximum atomic E-state index is 10.2. The monoisotopic (exact) mass is 187 g/mol. The summed E-state index contributed by atoms with van der Waals surface area (Å²) in [5.74, 6) is 0.358. The summed E-state index contributed by atoms with van der Waals surface area (Å²) in [6, 6.07) is 0.421. The molecule has 0 aromatic carbocycles. The van der Waals surface area contributed by atoms with Crippen LogP contribution in [-0.4, -0.2) is 38.3 Å². The van der Waals surface area contributed by atoms with Crippen molar-refractivity contribution in [2.75, 3.05) is 6.54 Å². The van der Waals surface area contributed by atoms with Gasteiger partial charge in [-0.05, 0) is 32.2 Å². The lowest BCUT2D eigenvalue weighted by Crippen LogP contribution is -2.50. The molecule has 0 aromatic heterocycles. The van der Waals surface area contributed by atoms with Crippen LogP contribution in [0.1, 0.15) is 33.6 Å². The first-order valence-electron chi connectivity index (χ1n) is 4.89. The maximum absolute atomic E-state index is 10.2. The first kappa shape index (κ1) is 10.2. The van der Waals surface area contributed by atoms with Gasteiger partial charge in [-0.2, -0.15) is 0 Å². The van der Waals surface area contributed by atoms with Crippen molar-refractivity contribution in [2.45, 2.75) is 45.3 Å². The summed E-state index contributed by atoms with van der Waals surface area (Å²) in [5.41, 5.74) is -0.488. The van der Waals surface area contributed by atoms with E-state index in [9.17, 15) is 5.11 Å². The van der Waals surface area contributed by atoms with Crippen molar-refractivity contribution >= 4 is 10.4 Å². The van der Waals surface area contributed by atoms with Crippen LogP contribution in [0.25, 0.3) is 0 Å². The fourth-order valence-corrected chi connectivity index (χ4v) is 3.13. The second-order valence-corrected chi connectivity index (χ2v) is 5.67. The molecule has 0 saturated carbocycles. The molecule has 0 spiro atoms. The smallest absolute Gasteiger partial charge is 0.0790 e. The third kappa shape index (κ3) is 1.73. The molecule has 1 N–H and O–H groups in total. The highest BCUT2D eigenvalue weighted by Gasteiger charge is 2.39. The normalized spacial score (nSPS) is 31.2. The van der Waals surface area contributed by atoms with Crippen LogP contribution in [0.2, 0.25) is 0 Å². The lowest BCUT2D eigenvalue weighted by Gasteiger charge is -2.38. The van der Waals surface area contributed by atoms with Gasteiger partial charge in [-0.1, -0.05) is 13.8 Å². The highest BCUT2D eigenvalue weighted by molar-refractivity contribution is 6.04. The Balaban J connectivity index is 2.67. The Bertz CT molecular complexity index is 159. The zero-order valence-electron chi connectivity index (χ0n) is 8.67. The average molecular weight is 187 g/mol. The Morgan fingerprint density at radius 2 is 2.17 bits per heavy atom. The van der Waals surface area contributed by atoms with Crippen molar-refractivity contribution in [3.05, 3.63) is 0 Å². The van der Waals surface area contributed by atoms with Crippen LogP contribution in [0.5, 0.6) is 0 Å². The summed E-state index contributed by atoms with van der Waals surface area (Å²) in [4.78, 5) is 0. The number of hydrogen-bond donors (Lipinski definition) is 1. The van der Waals surface area contributed by atoms with Gasteiger partial charge in [0.05, 0.1) is 16.0 Å². The van der Waals surface area contributed by atoms with Crippen LogP contribution in [0.15, 0.2) is 0 Å². The van der Waals surface area contributed by atoms with Crippen LogP contribution >= 0.6 is 0 Å². The first-order chi connectivity index (χ1) is 5.46. The van der Waals surface area contributed by atoms with Gasteiger partial charge in [0.25, 0.3) is 0 Å².